The minimum atomic E-state index is 0.538. The first-order valence-electron chi connectivity index (χ1n) is 3.86. The van der Waals surface area contributed by atoms with Gasteiger partial charge in [-0.2, -0.15) is 10.5 Å². The van der Waals surface area contributed by atoms with Crippen LogP contribution in [0.25, 0.3) is 0 Å². The number of hydrogen-bond acceptors (Lipinski definition) is 2. The van der Waals surface area contributed by atoms with Crippen LogP contribution in [0.2, 0.25) is 0 Å². The summed E-state index contributed by atoms with van der Waals surface area (Å²) >= 11 is 0. The van der Waals surface area contributed by atoms with E-state index in [2.05, 4.69) is 0 Å². The molecule has 64 valence electrons. The van der Waals surface area contributed by atoms with Crippen LogP contribution < -0.4 is 0 Å². The molecule has 0 unspecified atom stereocenters. The van der Waals surface area contributed by atoms with Gasteiger partial charge in [0.15, 0.2) is 0 Å². The summed E-state index contributed by atoms with van der Waals surface area (Å²) in [6.45, 7) is 3.89. The van der Waals surface area contributed by atoms with Crippen molar-refractivity contribution in [3.05, 3.63) is 24.3 Å². The fourth-order valence-corrected chi connectivity index (χ4v) is 0.341. The third-order valence-corrected chi connectivity index (χ3v) is 0.873. The van der Waals surface area contributed by atoms with Gasteiger partial charge < -0.3 is 0 Å². The Kier molecular flexibility index (Phi) is 17.7. The molecule has 0 bridgehead atoms. The van der Waals surface area contributed by atoms with Crippen LogP contribution in [0, 0.1) is 22.7 Å². The van der Waals surface area contributed by atoms with Crippen LogP contribution in [-0.4, -0.2) is 0 Å². The van der Waals surface area contributed by atoms with Gasteiger partial charge in [0.05, 0.1) is 18.6 Å². The second-order valence-corrected chi connectivity index (χ2v) is 1.87. The quantitative estimate of drug-likeness (QED) is 0.463. The number of nitriles is 2. The Bertz CT molecular complexity index is 201. The molecule has 0 aliphatic rings. The smallest absolute Gasteiger partial charge is 0.0908 e. The highest BCUT2D eigenvalue weighted by Gasteiger charge is 1.61. The molecule has 0 saturated heterocycles. The van der Waals surface area contributed by atoms with E-state index in [1.165, 1.54) is 6.08 Å². The van der Waals surface area contributed by atoms with Crippen LogP contribution in [-0.2, 0) is 0 Å². The average molecular weight is 162 g/mol. The molecule has 0 radical (unpaired) electrons. The monoisotopic (exact) mass is 162 g/mol. The lowest BCUT2D eigenvalue weighted by molar-refractivity contribution is 1.22. The van der Waals surface area contributed by atoms with Crippen molar-refractivity contribution >= 4 is 0 Å². The number of nitrogens with zero attached hydrogens (tertiary/aromatic N) is 2. The van der Waals surface area contributed by atoms with E-state index in [1.54, 1.807) is 0 Å². The standard InChI is InChI=1S/2C5H7N/c2*1-2-3-4-5-6/h3-4H,2H2,1H3;2-3H,4H2,1H3/b4-3+;3-2-. The maximum Gasteiger partial charge on any atom is 0.0908 e. The third kappa shape index (κ3) is 23.7. The van der Waals surface area contributed by atoms with Gasteiger partial charge in [0, 0.05) is 6.08 Å². The SMILES string of the molecule is C/C=C\CC#N.CC/C=C/C#N. The van der Waals surface area contributed by atoms with Crippen molar-refractivity contribution in [2.75, 3.05) is 0 Å². The van der Waals surface area contributed by atoms with Crippen molar-refractivity contribution in [3.8, 4) is 12.1 Å². The van der Waals surface area contributed by atoms with Crippen molar-refractivity contribution in [2.24, 2.45) is 0 Å². The highest BCUT2D eigenvalue weighted by atomic mass is 14.2. The summed E-state index contributed by atoms with van der Waals surface area (Å²) in [4.78, 5) is 0. The van der Waals surface area contributed by atoms with E-state index in [-0.39, 0.29) is 0 Å². The summed E-state index contributed by atoms with van der Waals surface area (Å²) in [5.74, 6) is 0. The van der Waals surface area contributed by atoms with E-state index in [1.807, 2.05) is 44.2 Å². The van der Waals surface area contributed by atoms with Gasteiger partial charge in [0.1, 0.15) is 0 Å². The normalized spacial score (nSPS) is 8.67. The third-order valence-electron chi connectivity index (χ3n) is 0.873. The van der Waals surface area contributed by atoms with Gasteiger partial charge >= 0.3 is 0 Å². The molecule has 2 heteroatoms. The lowest BCUT2D eigenvalue weighted by Crippen LogP contribution is -1.49. The lowest BCUT2D eigenvalue weighted by atomic mass is 10.4. The van der Waals surface area contributed by atoms with Crippen LogP contribution in [0.5, 0.6) is 0 Å². The minimum absolute atomic E-state index is 0.538. The Balaban J connectivity index is 0. The Hall–Kier alpha value is -1.54. The van der Waals surface area contributed by atoms with E-state index < -0.39 is 0 Å². The topological polar surface area (TPSA) is 47.6 Å². The molecule has 0 aromatic heterocycles. The van der Waals surface area contributed by atoms with Gasteiger partial charge in [0.2, 0.25) is 0 Å². The molecule has 0 atom stereocenters. The molecule has 0 saturated carbocycles. The zero-order valence-corrected chi connectivity index (χ0v) is 7.62. The molecule has 0 aliphatic heterocycles. The van der Waals surface area contributed by atoms with Gasteiger partial charge in [0.25, 0.3) is 0 Å². The highest BCUT2D eigenvalue weighted by Crippen LogP contribution is 1.74. The molecule has 0 heterocycles. The van der Waals surface area contributed by atoms with Gasteiger partial charge in [-0.1, -0.05) is 25.2 Å². The van der Waals surface area contributed by atoms with Crippen LogP contribution in [0.4, 0.5) is 0 Å². The molecular weight excluding hydrogens is 148 g/mol. The van der Waals surface area contributed by atoms with Crippen LogP contribution in [0.1, 0.15) is 26.7 Å². The Labute approximate surface area is 74.4 Å². The second kappa shape index (κ2) is 16.2. The molecule has 0 spiro atoms. The molecule has 0 amide bonds. The first kappa shape index (κ1) is 13.1. The first-order valence-corrected chi connectivity index (χ1v) is 3.86. The number of rotatable bonds is 2. The zero-order chi connectivity index (χ0) is 9.66. The predicted molar refractivity (Wildman–Crippen MR) is 50.1 cm³/mol. The van der Waals surface area contributed by atoms with Crippen LogP contribution >= 0.6 is 0 Å². The zero-order valence-electron chi connectivity index (χ0n) is 7.62. The number of hydrogen-bond donors (Lipinski definition) is 0. The maximum absolute atomic E-state index is 7.90. The molecule has 0 fully saturated rings. The predicted octanol–water partition coefficient (Wildman–Crippen LogP) is 2.95. The van der Waals surface area contributed by atoms with E-state index in [0.29, 0.717) is 6.42 Å². The second-order valence-electron chi connectivity index (χ2n) is 1.87. The van der Waals surface area contributed by atoms with Crippen LogP contribution in [0.3, 0.4) is 0 Å². The maximum atomic E-state index is 7.90. The first-order chi connectivity index (χ1) is 5.83. The lowest BCUT2D eigenvalue weighted by Gasteiger charge is -1.63. The average Bonchev–Trinajstić information content (AvgIpc) is 2.12. The molecule has 0 aromatic carbocycles. The summed E-state index contributed by atoms with van der Waals surface area (Å²) < 4.78 is 0. The Morgan fingerprint density at radius 1 is 1.25 bits per heavy atom. The highest BCUT2D eigenvalue weighted by molar-refractivity contribution is 5.00. The molecule has 2 nitrogen and oxygen atoms in total. The minimum Gasteiger partial charge on any atom is -0.198 e. The van der Waals surface area contributed by atoms with E-state index in [4.69, 9.17) is 10.5 Å². The van der Waals surface area contributed by atoms with Gasteiger partial charge in [-0.25, -0.2) is 0 Å². The summed E-state index contributed by atoms with van der Waals surface area (Å²) in [5, 5.41) is 15.8. The number of allylic oxidation sites excluding steroid dienone is 4. The molecule has 0 rings (SSSR count). The molecule has 0 aromatic rings. The van der Waals surface area contributed by atoms with Crippen molar-refractivity contribution < 1.29 is 0 Å². The van der Waals surface area contributed by atoms with Crippen molar-refractivity contribution in [2.45, 2.75) is 26.7 Å². The fourth-order valence-electron chi connectivity index (χ4n) is 0.341. The van der Waals surface area contributed by atoms with E-state index >= 15 is 0 Å². The van der Waals surface area contributed by atoms with Crippen molar-refractivity contribution in [3.63, 3.8) is 0 Å². The summed E-state index contributed by atoms with van der Waals surface area (Å²) in [6, 6.07) is 3.87. The van der Waals surface area contributed by atoms with Crippen molar-refractivity contribution in [1.82, 2.24) is 0 Å². The molecular formula is C10H14N2. The summed E-state index contributed by atoms with van der Waals surface area (Å²) in [5.41, 5.74) is 0. The largest absolute Gasteiger partial charge is 0.198 e. The Morgan fingerprint density at radius 2 is 1.92 bits per heavy atom. The Morgan fingerprint density at radius 3 is 2.08 bits per heavy atom. The van der Waals surface area contributed by atoms with Crippen molar-refractivity contribution in [1.29, 1.82) is 10.5 Å². The van der Waals surface area contributed by atoms with Gasteiger partial charge in [-0.15, -0.1) is 0 Å². The van der Waals surface area contributed by atoms with Gasteiger partial charge in [-0.05, 0) is 13.3 Å². The van der Waals surface area contributed by atoms with Crippen LogP contribution in [0.15, 0.2) is 24.3 Å². The fraction of sp³-hybridized carbons (Fsp3) is 0.400. The molecule has 0 N–H and O–H groups in total. The molecule has 12 heavy (non-hydrogen) atoms. The van der Waals surface area contributed by atoms with E-state index in [9.17, 15) is 0 Å². The molecule has 0 aliphatic carbocycles. The summed E-state index contributed by atoms with van der Waals surface area (Å²) in [7, 11) is 0. The van der Waals surface area contributed by atoms with E-state index in [0.717, 1.165) is 6.42 Å². The van der Waals surface area contributed by atoms with Gasteiger partial charge in [-0.3, -0.25) is 0 Å². The summed E-state index contributed by atoms with van der Waals surface area (Å²) in [6.07, 6.45) is 8.48.